The second-order valence-electron chi connectivity index (χ2n) is 7.20. The minimum atomic E-state index is -1.04. The predicted molar refractivity (Wildman–Crippen MR) is 95.4 cm³/mol. The van der Waals surface area contributed by atoms with E-state index in [1.165, 1.54) is 12.1 Å². The highest BCUT2D eigenvalue weighted by atomic mass is 16.5. The summed E-state index contributed by atoms with van der Waals surface area (Å²) >= 11 is 0. The highest BCUT2D eigenvalue weighted by Gasteiger charge is 2.31. The molecule has 1 aromatic rings. The van der Waals surface area contributed by atoms with Crippen molar-refractivity contribution in [2.24, 2.45) is 11.8 Å². The molecule has 0 aliphatic carbocycles. The Morgan fingerprint density at radius 1 is 1.27 bits per heavy atom. The van der Waals surface area contributed by atoms with Crippen LogP contribution in [0, 0.1) is 11.8 Å². The first-order chi connectivity index (χ1) is 12.4. The van der Waals surface area contributed by atoms with Gasteiger partial charge in [-0.3, -0.25) is 9.59 Å². The summed E-state index contributed by atoms with van der Waals surface area (Å²) in [5, 5.41) is 9.20. The van der Waals surface area contributed by atoms with Crippen molar-refractivity contribution in [1.82, 2.24) is 4.90 Å². The molecule has 1 aromatic carbocycles. The number of anilines is 1. The smallest absolute Gasteiger partial charge is 0.335 e. The van der Waals surface area contributed by atoms with Crippen molar-refractivity contribution >= 4 is 23.5 Å². The summed E-state index contributed by atoms with van der Waals surface area (Å²) in [4.78, 5) is 39.2. The van der Waals surface area contributed by atoms with E-state index in [0.29, 0.717) is 31.1 Å². The van der Waals surface area contributed by atoms with E-state index in [2.05, 4.69) is 0 Å². The zero-order chi connectivity index (χ0) is 18.8. The van der Waals surface area contributed by atoms with Gasteiger partial charge in [-0.2, -0.15) is 0 Å². The van der Waals surface area contributed by atoms with E-state index in [4.69, 9.17) is 4.74 Å². The SMILES string of the molecule is CC(C)C(=O)N1CCC(CN2C(=O)COc3ccc(C(=O)O)cc32)CC1. The average Bonchev–Trinajstić information content (AvgIpc) is 2.63. The molecule has 7 nitrogen and oxygen atoms in total. The number of amides is 2. The molecule has 0 saturated carbocycles. The van der Waals surface area contributed by atoms with Gasteiger partial charge in [0.2, 0.25) is 5.91 Å². The lowest BCUT2D eigenvalue weighted by atomic mass is 9.94. The zero-order valence-electron chi connectivity index (χ0n) is 15.1. The number of nitrogens with zero attached hydrogens (tertiary/aromatic N) is 2. The summed E-state index contributed by atoms with van der Waals surface area (Å²) in [6, 6.07) is 4.57. The van der Waals surface area contributed by atoms with Gasteiger partial charge in [-0.25, -0.2) is 4.79 Å². The Bertz CT molecular complexity index is 723. The number of ether oxygens (including phenoxy) is 1. The standard InChI is InChI=1S/C19H24N2O5/c1-12(2)18(23)20-7-5-13(6-8-20)10-21-15-9-14(19(24)25)3-4-16(15)26-11-17(21)22/h3-4,9,12-13H,5-8,10-11H2,1-2H3,(H,24,25). The number of hydrogen-bond donors (Lipinski definition) is 1. The number of likely N-dealkylation sites (tertiary alicyclic amines) is 1. The van der Waals surface area contributed by atoms with E-state index in [1.54, 1.807) is 11.0 Å². The molecule has 0 atom stereocenters. The quantitative estimate of drug-likeness (QED) is 0.887. The van der Waals surface area contributed by atoms with Crippen LogP contribution in [0.5, 0.6) is 5.75 Å². The Balaban J connectivity index is 1.71. The minimum Gasteiger partial charge on any atom is -0.482 e. The molecular formula is C19H24N2O5. The lowest BCUT2D eigenvalue weighted by Gasteiger charge is -2.37. The maximum absolute atomic E-state index is 12.4. The molecule has 7 heteroatoms. The van der Waals surface area contributed by atoms with Crippen LogP contribution in [0.25, 0.3) is 0 Å². The fraction of sp³-hybridized carbons (Fsp3) is 0.526. The van der Waals surface area contributed by atoms with Crippen molar-refractivity contribution in [3.05, 3.63) is 23.8 Å². The fourth-order valence-electron chi connectivity index (χ4n) is 3.49. The van der Waals surface area contributed by atoms with Crippen molar-refractivity contribution in [3.63, 3.8) is 0 Å². The second-order valence-corrected chi connectivity index (χ2v) is 7.20. The van der Waals surface area contributed by atoms with Crippen molar-refractivity contribution in [3.8, 4) is 5.75 Å². The zero-order valence-corrected chi connectivity index (χ0v) is 15.1. The second kappa shape index (κ2) is 7.35. The number of fused-ring (bicyclic) bond motifs is 1. The van der Waals surface area contributed by atoms with Crippen LogP contribution in [0.15, 0.2) is 18.2 Å². The van der Waals surface area contributed by atoms with Crippen LogP contribution >= 0.6 is 0 Å². The maximum Gasteiger partial charge on any atom is 0.335 e. The first-order valence-electron chi connectivity index (χ1n) is 8.96. The molecule has 1 saturated heterocycles. The Morgan fingerprint density at radius 2 is 1.96 bits per heavy atom. The molecule has 2 amide bonds. The minimum absolute atomic E-state index is 0.00584. The summed E-state index contributed by atoms with van der Waals surface area (Å²) < 4.78 is 5.43. The third kappa shape index (κ3) is 3.66. The van der Waals surface area contributed by atoms with E-state index >= 15 is 0 Å². The van der Waals surface area contributed by atoms with Crippen molar-refractivity contribution in [2.75, 3.05) is 31.1 Å². The molecule has 140 valence electrons. The van der Waals surface area contributed by atoms with Crippen LogP contribution in [0.4, 0.5) is 5.69 Å². The third-order valence-electron chi connectivity index (χ3n) is 5.01. The largest absolute Gasteiger partial charge is 0.482 e. The molecule has 2 aliphatic rings. The molecule has 26 heavy (non-hydrogen) atoms. The van der Waals surface area contributed by atoms with Crippen molar-refractivity contribution in [1.29, 1.82) is 0 Å². The van der Waals surface area contributed by atoms with Crippen molar-refractivity contribution < 1.29 is 24.2 Å². The van der Waals surface area contributed by atoms with E-state index in [9.17, 15) is 19.5 Å². The topological polar surface area (TPSA) is 87.2 Å². The maximum atomic E-state index is 12.4. The summed E-state index contributed by atoms with van der Waals surface area (Å²) in [6.07, 6.45) is 1.66. The van der Waals surface area contributed by atoms with Gasteiger partial charge in [0.25, 0.3) is 5.91 Å². The average molecular weight is 360 g/mol. The molecule has 2 heterocycles. The number of piperidine rings is 1. The van der Waals surface area contributed by atoms with E-state index in [0.717, 1.165) is 12.8 Å². The fourth-order valence-corrected chi connectivity index (χ4v) is 3.49. The Hall–Kier alpha value is -2.57. The molecule has 0 radical (unpaired) electrons. The van der Waals surface area contributed by atoms with Gasteiger partial charge in [-0.05, 0) is 37.0 Å². The van der Waals surface area contributed by atoms with Gasteiger partial charge < -0.3 is 19.6 Å². The van der Waals surface area contributed by atoms with Crippen LogP contribution in [-0.4, -0.2) is 54.0 Å². The molecule has 3 rings (SSSR count). The molecular weight excluding hydrogens is 336 g/mol. The molecule has 0 unspecified atom stereocenters. The van der Waals surface area contributed by atoms with E-state index < -0.39 is 5.97 Å². The van der Waals surface area contributed by atoms with E-state index in [-0.39, 0.29) is 35.8 Å². The lowest BCUT2D eigenvalue weighted by molar-refractivity contribution is -0.136. The van der Waals surface area contributed by atoms with E-state index in [1.807, 2.05) is 18.7 Å². The Labute approximate surface area is 152 Å². The first kappa shape index (κ1) is 18.2. The number of aromatic carboxylic acids is 1. The molecule has 1 N–H and O–H groups in total. The van der Waals surface area contributed by atoms with Crippen LogP contribution in [0.2, 0.25) is 0 Å². The lowest BCUT2D eigenvalue weighted by Crippen LogP contribution is -2.46. The number of carboxylic acid groups (broad SMARTS) is 1. The first-order valence-corrected chi connectivity index (χ1v) is 8.96. The Morgan fingerprint density at radius 3 is 2.58 bits per heavy atom. The van der Waals surface area contributed by atoms with Gasteiger partial charge in [0.15, 0.2) is 6.61 Å². The molecule has 0 aromatic heterocycles. The number of rotatable bonds is 4. The summed E-state index contributed by atoms with van der Waals surface area (Å²) in [5.74, 6) is -0.236. The van der Waals surface area contributed by atoms with Crippen LogP contribution in [-0.2, 0) is 9.59 Å². The summed E-state index contributed by atoms with van der Waals surface area (Å²) in [6.45, 7) is 5.67. The van der Waals surface area contributed by atoms with Crippen LogP contribution in [0.3, 0.4) is 0 Å². The summed E-state index contributed by atoms with van der Waals surface area (Å²) in [5.41, 5.74) is 0.645. The van der Waals surface area contributed by atoms with Gasteiger partial charge in [-0.1, -0.05) is 13.8 Å². The normalized spacial score (nSPS) is 17.9. The number of carbonyl (C=O) groups excluding carboxylic acids is 2. The van der Waals surface area contributed by atoms with Crippen LogP contribution in [0.1, 0.15) is 37.0 Å². The Kier molecular flexibility index (Phi) is 5.15. The third-order valence-corrected chi connectivity index (χ3v) is 5.01. The van der Waals surface area contributed by atoms with Crippen LogP contribution < -0.4 is 9.64 Å². The highest BCUT2D eigenvalue weighted by molar-refractivity contribution is 5.99. The molecule has 0 bridgehead atoms. The summed E-state index contributed by atoms with van der Waals surface area (Å²) in [7, 11) is 0. The van der Waals surface area contributed by atoms with Gasteiger partial charge in [-0.15, -0.1) is 0 Å². The van der Waals surface area contributed by atoms with Crippen molar-refractivity contribution in [2.45, 2.75) is 26.7 Å². The van der Waals surface area contributed by atoms with Gasteiger partial charge in [0.05, 0.1) is 11.3 Å². The molecule has 2 aliphatic heterocycles. The number of carbonyl (C=O) groups is 3. The number of hydrogen-bond acceptors (Lipinski definition) is 4. The number of carboxylic acids is 1. The number of benzene rings is 1. The van der Waals surface area contributed by atoms with Gasteiger partial charge >= 0.3 is 5.97 Å². The van der Waals surface area contributed by atoms with Gasteiger partial charge in [0, 0.05) is 25.6 Å². The molecule has 1 fully saturated rings. The highest BCUT2D eigenvalue weighted by Crippen LogP contribution is 2.34. The monoisotopic (exact) mass is 360 g/mol. The predicted octanol–water partition coefficient (Wildman–Crippen LogP) is 2.00. The molecule has 0 spiro atoms. The van der Waals surface area contributed by atoms with Gasteiger partial charge in [0.1, 0.15) is 5.75 Å².